The maximum absolute atomic E-state index is 6.15. The van der Waals surface area contributed by atoms with Crippen LogP contribution in [0.15, 0.2) is 40.2 Å². The van der Waals surface area contributed by atoms with Gasteiger partial charge in [-0.25, -0.2) is 4.98 Å². The number of nitrogens with two attached hydrogens (primary N) is 1. The molecular weight excluding hydrogens is 244 g/mol. The van der Waals surface area contributed by atoms with E-state index in [2.05, 4.69) is 36.2 Å². The Morgan fingerprint density at radius 3 is 2.61 bits per heavy atom. The van der Waals surface area contributed by atoms with Gasteiger partial charge in [0, 0.05) is 11.8 Å². The number of aryl methyl sites for hydroxylation is 2. The summed E-state index contributed by atoms with van der Waals surface area (Å²) in [6.07, 6.45) is 2.71. The van der Waals surface area contributed by atoms with Gasteiger partial charge in [-0.2, -0.15) is 0 Å². The van der Waals surface area contributed by atoms with Crippen LogP contribution in [0.25, 0.3) is 0 Å². The Kier molecular flexibility index (Phi) is 4.44. The van der Waals surface area contributed by atoms with Gasteiger partial charge >= 0.3 is 0 Å². The van der Waals surface area contributed by atoms with E-state index in [1.54, 1.807) is 18.0 Å². The maximum Gasteiger partial charge on any atom is 0.255 e. The average Bonchev–Trinajstić information content (AvgIpc) is 2.82. The van der Waals surface area contributed by atoms with Crippen molar-refractivity contribution in [1.82, 2.24) is 4.98 Å². The molecule has 0 aliphatic carbocycles. The predicted octanol–water partition coefficient (Wildman–Crippen LogP) is 3.34. The second-order valence-electron chi connectivity index (χ2n) is 4.27. The second kappa shape index (κ2) is 6.07. The first kappa shape index (κ1) is 13.2. The molecule has 1 unspecified atom stereocenters. The summed E-state index contributed by atoms with van der Waals surface area (Å²) in [5.74, 6) is 0.769. The third kappa shape index (κ3) is 3.37. The fraction of sp³-hybridized carbons (Fsp3) is 0.357. The Morgan fingerprint density at radius 2 is 2.06 bits per heavy atom. The van der Waals surface area contributed by atoms with E-state index >= 15 is 0 Å². The highest BCUT2D eigenvalue weighted by atomic mass is 32.2. The molecule has 1 atom stereocenters. The predicted molar refractivity (Wildman–Crippen MR) is 74.7 cm³/mol. The van der Waals surface area contributed by atoms with Crippen molar-refractivity contribution in [3.8, 4) is 0 Å². The molecular formula is C14H18N2OS. The highest BCUT2D eigenvalue weighted by molar-refractivity contribution is 7.99. The van der Waals surface area contributed by atoms with Crippen LogP contribution in [0.5, 0.6) is 0 Å². The molecule has 1 aromatic heterocycles. The van der Waals surface area contributed by atoms with Gasteiger partial charge in [-0.1, -0.05) is 43.0 Å². The van der Waals surface area contributed by atoms with Crippen LogP contribution in [-0.4, -0.2) is 10.7 Å². The first-order chi connectivity index (χ1) is 8.69. The van der Waals surface area contributed by atoms with Crippen LogP contribution in [-0.2, 0) is 6.42 Å². The SMILES string of the molecule is CCc1ccc(C(N)CSc2nc(C)co2)cc1. The van der Waals surface area contributed by atoms with Crippen molar-refractivity contribution in [3.63, 3.8) is 0 Å². The summed E-state index contributed by atoms with van der Waals surface area (Å²) < 4.78 is 5.28. The fourth-order valence-electron chi connectivity index (χ4n) is 1.66. The largest absolute Gasteiger partial charge is 0.440 e. The minimum Gasteiger partial charge on any atom is -0.440 e. The number of aromatic nitrogens is 1. The van der Waals surface area contributed by atoms with Gasteiger partial charge in [0.05, 0.1) is 5.69 Å². The summed E-state index contributed by atoms with van der Waals surface area (Å²) in [5, 5.41) is 0.688. The molecule has 0 saturated heterocycles. The molecule has 0 fully saturated rings. The van der Waals surface area contributed by atoms with Gasteiger partial charge in [0.1, 0.15) is 6.26 Å². The van der Waals surface area contributed by atoms with E-state index in [1.807, 2.05) is 6.92 Å². The summed E-state index contributed by atoms with van der Waals surface area (Å²) in [6, 6.07) is 8.48. The Hall–Kier alpha value is -1.26. The lowest BCUT2D eigenvalue weighted by atomic mass is 10.1. The molecule has 0 radical (unpaired) electrons. The zero-order valence-corrected chi connectivity index (χ0v) is 11.5. The lowest BCUT2D eigenvalue weighted by Crippen LogP contribution is -2.12. The normalized spacial score (nSPS) is 12.6. The lowest BCUT2D eigenvalue weighted by Gasteiger charge is -2.10. The zero-order chi connectivity index (χ0) is 13.0. The van der Waals surface area contributed by atoms with Gasteiger partial charge in [-0.15, -0.1) is 0 Å². The number of benzene rings is 1. The first-order valence-electron chi connectivity index (χ1n) is 6.08. The molecule has 0 saturated carbocycles. The van der Waals surface area contributed by atoms with Crippen molar-refractivity contribution >= 4 is 11.8 Å². The first-order valence-corrected chi connectivity index (χ1v) is 7.07. The van der Waals surface area contributed by atoms with Crippen LogP contribution in [0.2, 0.25) is 0 Å². The van der Waals surface area contributed by atoms with Gasteiger partial charge in [-0.3, -0.25) is 0 Å². The lowest BCUT2D eigenvalue weighted by molar-refractivity contribution is 0.453. The van der Waals surface area contributed by atoms with E-state index in [-0.39, 0.29) is 6.04 Å². The molecule has 96 valence electrons. The molecule has 0 amide bonds. The average molecular weight is 262 g/mol. The van der Waals surface area contributed by atoms with Crippen LogP contribution in [0.3, 0.4) is 0 Å². The fourth-order valence-corrected chi connectivity index (χ4v) is 2.50. The molecule has 1 aromatic carbocycles. The van der Waals surface area contributed by atoms with Gasteiger partial charge in [0.15, 0.2) is 0 Å². The number of nitrogens with zero attached hydrogens (tertiary/aromatic N) is 1. The van der Waals surface area contributed by atoms with Gasteiger partial charge in [0.2, 0.25) is 0 Å². The highest BCUT2D eigenvalue weighted by Gasteiger charge is 2.09. The molecule has 0 bridgehead atoms. The van der Waals surface area contributed by atoms with E-state index in [4.69, 9.17) is 10.2 Å². The molecule has 1 heterocycles. The molecule has 2 N–H and O–H groups in total. The monoisotopic (exact) mass is 262 g/mol. The van der Waals surface area contributed by atoms with Crippen molar-refractivity contribution < 1.29 is 4.42 Å². The van der Waals surface area contributed by atoms with Crippen LogP contribution in [0.4, 0.5) is 0 Å². The maximum atomic E-state index is 6.15. The Morgan fingerprint density at radius 1 is 1.33 bits per heavy atom. The topological polar surface area (TPSA) is 52.0 Å². The Balaban J connectivity index is 1.92. The molecule has 0 aliphatic heterocycles. The molecule has 2 rings (SSSR count). The Bertz CT molecular complexity index is 493. The van der Waals surface area contributed by atoms with Crippen LogP contribution in [0.1, 0.15) is 29.8 Å². The number of hydrogen-bond acceptors (Lipinski definition) is 4. The minimum atomic E-state index is 0.00751. The summed E-state index contributed by atoms with van der Waals surface area (Å²) >= 11 is 1.55. The molecule has 0 spiro atoms. The quantitative estimate of drug-likeness (QED) is 0.840. The molecule has 3 nitrogen and oxygen atoms in total. The van der Waals surface area contributed by atoms with E-state index in [0.717, 1.165) is 23.4 Å². The number of hydrogen-bond donors (Lipinski definition) is 1. The van der Waals surface area contributed by atoms with Gasteiger partial charge in [-0.05, 0) is 24.5 Å². The summed E-state index contributed by atoms with van der Waals surface area (Å²) in [6.45, 7) is 4.06. The zero-order valence-electron chi connectivity index (χ0n) is 10.7. The third-order valence-corrected chi connectivity index (χ3v) is 3.76. The van der Waals surface area contributed by atoms with E-state index in [1.165, 1.54) is 5.56 Å². The third-order valence-electron chi connectivity index (χ3n) is 2.80. The second-order valence-corrected chi connectivity index (χ2v) is 5.24. The minimum absolute atomic E-state index is 0.00751. The van der Waals surface area contributed by atoms with E-state index < -0.39 is 0 Å². The van der Waals surface area contributed by atoms with Crippen molar-refractivity contribution in [3.05, 3.63) is 47.3 Å². The van der Waals surface area contributed by atoms with Crippen LogP contribution >= 0.6 is 11.8 Å². The molecule has 0 aliphatic rings. The van der Waals surface area contributed by atoms with Crippen molar-refractivity contribution in [2.75, 3.05) is 5.75 Å². The van der Waals surface area contributed by atoms with Crippen molar-refractivity contribution in [2.24, 2.45) is 5.73 Å². The smallest absolute Gasteiger partial charge is 0.255 e. The molecule has 18 heavy (non-hydrogen) atoms. The summed E-state index contributed by atoms with van der Waals surface area (Å²) in [5.41, 5.74) is 9.54. The highest BCUT2D eigenvalue weighted by Crippen LogP contribution is 2.23. The molecule has 2 aromatic rings. The summed E-state index contributed by atoms with van der Waals surface area (Å²) in [7, 11) is 0. The van der Waals surface area contributed by atoms with Gasteiger partial charge < -0.3 is 10.2 Å². The number of thioether (sulfide) groups is 1. The van der Waals surface area contributed by atoms with Crippen LogP contribution in [0, 0.1) is 6.92 Å². The standard InChI is InChI=1S/C14H18N2OS/c1-3-11-4-6-12(7-5-11)13(15)9-18-14-16-10(2)8-17-14/h4-8,13H,3,9,15H2,1-2H3. The Labute approximate surface area is 112 Å². The van der Waals surface area contributed by atoms with E-state index in [0.29, 0.717) is 5.22 Å². The van der Waals surface area contributed by atoms with Crippen LogP contribution < -0.4 is 5.73 Å². The summed E-state index contributed by atoms with van der Waals surface area (Å²) in [4.78, 5) is 4.24. The number of rotatable bonds is 5. The van der Waals surface area contributed by atoms with E-state index in [9.17, 15) is 0 Å². The number of oxazole rings is 1. The van der Waals surface area contributed by atoms with Gasteiger partial charge in [0.25, 0.3) is 5.22 Å². The molecule has 4 heteroatoms. The van der Waals surface area contributed by atoms with Crippen molar-refractivity contribution in [2.45, 2.75) is 31.5 Å². The van der Waals surface area contributed by atoms with Crippen molar-refractivity contribution in [1.29, 1.82) is 0 Å².